The summed E-state index contributed by atoms with van der Waals surface area (Å²) < 4.78 is 12.9. The van der Waals surface area contributed by atoms with Gasteiger partial charge in [-0.2, -0.15) is 0 Å². The number of benzene rings is 12. The highest BCUT2D eigenvalue weighted by molar-refractivity contribution is 6.20. The summed E-state index contributed by atoms with van der Waals surface area (Å²) in [7, 11) is 0. The molecule has 2 aromatic heterocycles. The highest BCUT2D eigenvalue weighted by Crippen LogP contribution is 2.50. The fourth-order valence-corrected chi connectivity index (χ4v) is 11.7. The average molecular weight is 933 g/mol. The van der Waals surface area contributed by atoms with Crippen LogP contribution in [0.3, 0.4) is 0 Å². The smallest absolute Gasteiger partial charge is 0.227 e. The molecule has 0 bridgehead atoms. The number of rotatable bonds is 6. The van der Waals surface area contributed by atoms with E-state index in [0.29, 0.717) is 11.8 Å². The molecule has 0 fully saturated rings. The van der Waals surface area contributed by atoms with Crippen LogP contribution >= 0.6 is 0 Å². The van der Waals surface area contributed by atoms with Crippen molar-refractivity contribution < 1.29 is 8.83 Å². The lowest BCUT2D eigenvalue weighted by molar-refractivity contribution is 0.619. The van der Waals surface area contributed by atoms with Crippen LogP contribution in [0.15, 0.2) is 239 Å². The maximum absolute atomic E-state index is 6.43. The third-order valence-corrected chi connectivity index (χ3v) is 15.5. The number of hydrogen-bond donors (Lipinski definition) is 0. The van der Waals surface area contributed by atoms with E-state index < -0.39 is 0 Å². The first-order valence-electron chi connectivity index (χ1n) is 25.0. The van der Waals surface area contributed by atoms with Gasteiger partial charge in [0.25, 0.3) is 0 Å². The van der Waals surface area contributed by atoms with Gasteiger partial charge in [-0.3, -0.25) is 0 Å². The summed E-state index contributed by atoms with van der Waals surface area (Å²) in [6.45, 7) is 4.70. The van der Waals surface area contributed by atoms with Crippen LogP contribution in [0.1, 0.15) is 25.0 Å². The molecule has 0 atom stereocenters. The molecule has 12 aromatic carbocycles. The van der Waals surface area contributed by atoms with Crippen molar-refractivity contribution in [1.82, 2.24) is 9.97 Å². The van der Waals surface area contributed by atoms with Gasteiger partial charge in [0, 0.05) is 27.3 Å². The van der Waals surface area contributed by atoms with Gasteiger partial charge in [0.05, 0.1) is 0 Å². The van der Waals surface area contributed by atoms with Crippen LogP contribution in [0.2, 0.25) is 0 Å². The molecule has 1 aliphatic rings. The molecule has 0 amide bonds. The number of fused-ring (bicyclic) bond motifs is 13. The van der Waals surface area contributed by atoms with Crippen LogP contribution in [-0.4, -0.2) is 9.97 Å². The van der Waals surface area contributed by atoms with Gasteiger partial charge >= 0.3 is 0 Å². The van der Waals surface area contributed by atoms with Gasteiger partial charge in [-0.15, -0.1) is 0 Å². The van der Waals surface area contributed by atoms with Crippen LogP contribution in [-0.2, 0) is 5.41 Å². The predicted molar refractivity (Wildman–Crippen MR) is 302 cm³/mol. The summed E-state index contributed by atoms with van der Waals surface area (Å²) in [5.41, 5.74) is 19.7. The van der Waals surface area contributed by atoms with Gasteiger partial charge < -0.3 is 8.83 Å². The first kappa shape index (κ1) is 41.4. The molecule has 1 aliphatic carbocycles. The van der Waals surface area contributed by atoms with Gasteiger partial charge in [0.1, 0.15) is 11.0 Å². The Balaban J connectivity index is 0.920. The van der Waals surface area contributed by atoms with E-state index in [1.54, 1.807) is 0 Å². The van der Waals surface area contributed by atoms with E-state index in [-0.39, 0.29) is 5.41 Å². The van der Waals surface area contributed by atoms with Crippen LogP contribution in [0.4, 0.5) is 0 Å². The fraction of sp³-hybridized carbons (Fsp3) is 0.0435. The van der Waals surface area contributed by atoms with Crippen molar-refractivity contribution in [2.24, 2.45) is 0 Å². The normalized spacial score (nSPS) is 12.9. The van der Waals surface area contributed by atoms with Crippen molar-refractivity contribution in [2.45, 2.75) is 19.3 Å². The summed E-state index contributed by atoms with van der Waals surface area (Å²) in [5, 5.41) is 8.97. The zero-order valence-corrected chi connectivity index (χ0v) is 40.2. The molecule has 0 radical (unpaired) electrons. The quantitative estimate of drug-likeness (QED) is 0.156. The van der Waals surface area contributed by atoms with Gasteiger partial charge in [-0.1, -0.05) is 166 Å². The van der Waals surface area contributed by atoms with Crippen molar-refractivity contribution in [2.75, 3.05) is 0 Å². The first-order valence-corrected chi connectivity index (χ1v) is 25.0. The third-order valence-electron chi connectivity index (χ3n) is 15.5. The topological polar surface area (TPSA) is 52.1 Å². The van der Waals surface area contributed by atoms with E-state index in [1.165, 1.54) is 33.4 Å². The molecule has 0 saturated heterocycles. The molecule has 4 nitrogen and oxygen atoms in total. The second kappa shape index (κ2) is 15.8. The van der Waals surface area contributed by atoms with Crippen molar-refractivity contribution in [3.05, 3.63) is 242 Å². The largest absolute Gasteiger partial charge is 0.436 e. The lowest BCUT2D eigenvalue weighted by Gasteiger charge is -2.22. The molecule has 15 rings (SSSR count). The lowest BCUT2D eigenvalue weighted by Crippen LogP contribution is -2.14. The maximum atomic E-state index is 6.43. The molecular formula is C69H44N2O2. The van der Waals surface area contributed by atoms with E-state index in [9.17, 15) is 0 Å². The fourth-order valence-electron chi connectivity index (χ4n) is 11.7. The Morgan fingerprint density at radius 1 is 0.301 bits per heavy atom. The molecule has 0 unspecified atom stereocenters. The summed E-state index contributed by atoms with van der Waals surface area (Å²) in [6, 6.07) is 83.2. The van der Waals surface area contributed by atoms with Crippen LogP contribution < -0.4 is 0 Å². The summed E-state index contributed by atoms with van der Waals surface area (Å²) >= 11 is 0. The second-order valence-corrected chi connectivity index (χ2v) is 20.1. The van der Waals surface area contributed by atoms with Gasteiger partial charge in [-0.05, 0) is 178 Å². The van der Waals surface area contributed by atoms with E-state index in [4.69, 9.17) is 18.8 Å². The lowest BCUT2D eigenvalue weighted by atomic mass is 9.81. The average Bonchev–Trinajstić information content (AvgIpc) is 4.16. The number of hydrogen-bond acceptors (Lipinski definition) is 4. The molecule has 0 spiro atoms. The van der Waals surface area contributed by atoms with Crippen molar-refractivity contribution in [3.8, 4) is 78.5 Å². The minimum atomic E-state index is -0.0909. The Morgan fingerprint density at radius 3 is 1.26 bits per heavy atom. The standard InChI is InChI=1S/C69H44N2O2/c1-69(2)59-19-10-9-18-55(59)56-31-28-51(40-60(56)69)47-16-11-17-48(34-47)52-35-53(49-26-22-41-20-24-43-29-32-61-65(63(43)57(41)38-49)70-67(72-61)45-12-5-3-6-13-45)37-54(36-52)50-27-23-42-21-25-44-30-33-62-66(64(44)58(42)39-50)71-68(73-62)46-14-7-4-8-15-46/h3-40H,1-2H3. The molecule has 4 heteroatoms. The van der Waals surface area contributed by atoms with E-state index in [2.05, 4.69) is 172 Å². The van der Waals surface area contributed by atoms with Crippen LogP contribution in [0.5, 0.6) is 0 Å². The van der Waals surface area contributed by atoms with Gasteiger partial charge in [-0.25, -0.2) is 9.97 Å². The first-order chi connectivity index (χ1) is 35.9. The predicted octanol–water partition coefficient (Wildman–Crippen LogP) is 18.9. The van der Waals surface area contributed by atoms with E-state index >= 15 is 0 Å². The van der Waals surface area contributed by atoms with E-state index in [0.717, 1.165) is 110 Å². The SMILES string of the molecule is CC1(C)c2ccccc2-c2ccc(-c3cccc(-c4cc(-c5ccc6ccc7ccc8oc(-c9ccccc9)nc8c7c6c5)cc(-c5ccc6ccc7ccc8oc(-c9ccccc9)nc8c7c6c5)c4)c3)cc21. The Morgan fingerprint density at radius 2 is 0.699 bits per heavy atom. The highest BCUT2D eigenvalue weighted by atomic mass is 16.4. The third kappa shape index (κ3) is 6.61. The molecule has 0 aliphatic heterocycles. The van der Waals surface area contributed by atoms with Gasteiger partial charge in [0.2, 0.25) is 11.8 Å². The molecule has 342 valence electrons. The molecule has 14 aromatic rings. The molecular weight excluding hydrogens is 889 g/mol. The van der Waals surface area contributed by atoms with Crippen LogP contribution in [0.25, 0.3) is 144 Å². The van der Waals surface area contributed by atoms with Crippen molar-refractivity contribution in [3.63, 3.8) is 0 Å². The zero-order chi connectivity index (χ0) is 48.4. The zero-order valence-electron chi connectivity index (χ0n) is 40.2. The van der Waals surface area contributed by atoms with Crippen LogP contribution in [0, 0.1) is 0 Å². The number of aromatic nitrogens is 2. The Hall–Kier alpha value is -9.38. The summed E-state index contributed by atoms with van der Waals surface area (Å²) in [6.07, 6.45) is 0. The highest BCUT2D eigenvalue weighted by Gasteiger charge is 2.35. The minimum Gasteiger partial charge on any atom is -0.436 e. The maximum Gasteiger partial charge on any atom is 0.227 e. The van der Waals surface area contributed by atoms with E-state index in [1.807, 2.05) is 72.8 Å². The second-order valence-electron chi connectivity index (χ2n) is 20.1. The number of oxazole rings is 2. The Kier molecular flexibility index (Phi) is 8.97. The summed E-state index contributed by atoms with van der Waals surface area (Å²) in [5.74, 6) is 1.24. The molecule has 0 saturated carbocycles. The molecule has 2 heterocycles. The molecule has 73 heavy (non-hydrogen) atoms. The minimum absolute atomic E-state index is 0.0909. The monoisotopic (exact) mass is 932 g/mol. The Labute approximate surface area is 421 Å². The van der Waals surface area contributed by atoms with Crippen molar-refractivity contribution in [1.29, 1.82) is 0 Å². The Bertz CT molecular complexity index is 4360. The summed E-state index contributed by atoms with van der Waals surface area (Å²) in [4.78, 5) is 10.3. The molecule has 0 N–H and O–H groups in total. The van der Waals surface area contributed by atoms with Gasteiger partial charge in [0.15, 0.2) is 11.2 Å². The van der Waals surface area contributed by atoms with Crippen molar-refractivity contribution >= 4 is 65.3 Å². The number of nitrogens with zero attached hydrogens (tertiary/aromatic N) is 2.